The lowest BCUT2D eigenvalue weighted by Gasteiger charge is -2.32. The second-order valence-electron chi connectivity index (χ2n) is 6.46. The van der Waals surface area contributed by atoms with Crippen molar-refractivity contribution in [1.82, 2.24) is 15.6 Å². The molecular formula is C19H33N5O3. The minimum absolute atomic E-state index is 0.252. The third kappa shape index (κ3) is 8.11. The number of hydrogen-bond donors (Lipinski definition) is 2. The Balaban J connectivity index is 1.67. The molecule has 1 saturated heterocycles. The Morgan fingerprint density at radius 2 is 2.22 bits per heavy atom. The van der Waals surface area contributed by atoms with E-state index in [1.54, 1.807) is 14.2 Å². The molecule has 1 atom stereocenters. The number of morpholine rings is 1. The zero-order chi connectivity index (χ0) is 19.3. The van der Waals surface area contributed by atoms with Crippen molar-refractivity contribution < 1.29 is 14.2 Å². The molecular weight excluding hydrogens is 346 g/mol. The molecule has 152 valence electrons. The van der Waals surface area contributed by atoms with E-state index in [0.29, 0.717) is 26.4 Å². The average molecular weight is 380 g/mol. The topological polar surface area (TPSA) is 80.2 Å². The van der Waals surface area contributed by atoms with Crippen LogP contribution < -0.4 is 15.5 Å². The lowest BCUT2D eigenvalue weighted by atomic mass is 10.2. The Morgan fingerprint density at radius 3 is 2.93 bits per heavy atom. The molecule has 1 aliphatic rings. The van der Waals surface area contributed by atoms with Crippen molar-refractivity contribution in [2.24, 2.45) is 4.99 Å². The van der Waals surface area contributed by atoms with Crippen LogP contribution in [-0.2, 0) is 20.8 Å². The van der Waals surface area contributed by atoms with E-state index in [1.807, 2.05) is 6.20 Å². The minimum Gasteiger partial charge on any atom is -0.382 e. The predicted octanol–water partition coefficient (Wildman–Crippen LogP) is 1.02. The van der Waals surface area contributed by atoms with Crippen molar-refractivity contribution in [3.63, 3.8) is 0 Å². The van der Waals surface area contributed by atoms with Gasteiger partial charge < -0.3 is 29.7 Å². The Bertz CT molecular complexity index is 553. The van der Waals surface area contributed by atoms with Gasteiger partial charge in [-0.25, -0.2) is 4.98 Å². The van der Waals surface area contributed by atoms with Gasteiger partial charge in [0.25, 0.3) is 0 Å². The monoisotopic (exact) mass is 379 g/mol. The van der Waals surface area contributed by atoms with Crippen molar-refractivity contribution in [2.75, 3.05) is 65.1 Å². The molecule has 1 fully saturated rings. The summed E-state index contributed by atoms with van der Waals surface area (Å²) in [5.74, 6) is 1.78. The molecule has 27 heavy (non-hydrogen) atoms. The standard InChI is InChI=1S/C19H33N5O3/c1-16-15-24(8-10-27-16)18-6-5-17(13-22-18)14-23-19(20-2)21-7-4-9-26-12-11-25-3/h5-6,13,16H,4,7-12,14-15H2,1-3H3,(H2,20,21,23). The van der Waals surface area contributed by atoms with Crippen LogP contribution in [0.15, 0.2) is 23.3 Å². The number of ether oxygens (including phenoxy) is 3. The average Bonchev–Trinajstić information content (AvgIpc) is 2.70. The van der Waals surface area contributed by atoms with Crippen molar-refractivity contribution in [3.05, 3.63) is 23.9 Å². The van der Waals surface area contributed by atoms with Gasteiger partial charge in [0.1, 0.15) is 5.82 Å². The van der Waals surface area contributed by atoms with Gasteiger partial charge in [-0.2, -0.15) is 0 Å². The second-order valence-corrected chi connectivity index (χ2v) is 6.46. The molecule has 8 nitrogen and oxygen atoms in total. The molecule has 0 bridgehead atoms. The highest BCUT2D eigenvalue weighted by atomic mass is 16.5. The van der Waals surface area contributed by atoms with Crippen LogP contribution in [0.4, 0.5) is 5.82 Å². The fourth-order valence-corrected chi connectivity index (χ4v) is 2.77. The van der Waals surface area contributed by atoms with Gasteiger partial charge in [-0.1, -0.05) is 6.07 Å². The van der Waals surface area contributed by atoms with Gasteiger partial charge in [0.05, 0.1) is 25.9 Å². The summed E-state index contributed by atoms with van der Waals surface area (Å²) in [6, 6.07) is 4.18. The van der Waals surface area contributed by atoms with E-state index in [1.165, 1.54) is 0 Å². The van der Waals surface area contributed by atoms with Gasteiger partial charge >= 0.3 is 0 Å². The van der Waals surface area contributed by atoms with Crippen LogP contribution >= 0.6 is 0 Å². The molecule has 1 aromatic rings. The molecule has 0 aliphatic carbocycles. The van der Waals surface area contributed by atoms with Crippen LogP contribution in [0.5, 0.6) is 0 Å². The molecule has 2 heterocycles. The molecule has 8 heteroatoms. The largest absolute Gasteiger partial charge is 0.382 e. The lowest BCUT2D eigenvalue weighted by molar-refractivity contribution is 0.0529. The van der Waals surface area contributed by atoms with E-state index >= 15 is 0 Å². The van der Waals surface area contributed by atoms with Crippen LogP contribution in [0.25, 0.3) is 0 Å². The summed E-state index contributed by atoms with van der Waals surface area (Å²) in [6.45, 7) is 8.08. The van der Waals surface area contributed by atoms with E-state index in [0.717, 1.165) is 50.0 Å². The maximum absolute atomic E-state index is 5.58. The number of pyridine rings is 1. The van der Waals surface area contributed by atoms with Crippen LogP contribution in [0.1, 0.15) is 18.9 Å². The number of rotatable bonds is 10. The smallest absolute Gasteiger partial charge is 0.191 e. The van der Waals surface area contributed by atoms with E-state index in [9.17, 15) is 0 Å². The molecule has 1 aromatic heterocycles. The fourth-order valence-electron chi connectivity index (χ4n) is 2.77. The Hall–Kier alpha value is -1.90. The van der Waals surface area contributed by atoms with E-state index in [-0.39, 0.29) is 6.10 Å². The number of aliphatic imine (C=N–C) groups is 1. The summed E-state index contributed by atoms with van der Waals surface area (Å²) in [6.07, 6.45) is 3.08. The summed E-state index contributed by atoms with van der Waals surface area (Å²) in [5.41, 5.74) is 1.12. The van der Waals surface area contributed by atoms with Crippen molar-refractivity contribution in [3.8, 4) is 0 Å². The molecule has 1 unspecified atom stereocenters. The number of nitrogens with zero attached hydrogens (tertiary/aromatic N) is 3. The second kappa shape index (κ2) is 12.5. The predicted molar refractivity (Wildman–Crippen MR) is 107 cm³/mol. The fraction of sp³-hybridized carbons (Fsp3) is 0.684. The van der Waals surface area contributed by atoms with Crippen LogP contribution in [0.2, 0.25) is 0 Å². The summed E-state index contributed by atoms with van der Waals surface area (Å²) in [4.78, 5) is 11.1. The first kappa shape index (κ1) is 21.4. The Labute approximate surface area is 162 Å². The van der Waals surface area contributed by atoms with Crippen molar-refractivity contribution >= 4 is 11.8 Å². The third-order valence-corrected chi connectivity index (χ3v) is 4.25. The number of methoxy groups -OCH3 is 1. The molecule has 1 aliphatic heterocycles. The highest BCUT2D eigenvalue weighted by molar-refractivity contribution is 5.79. The van der Waals surface area contributed by atoms with Crippen molar-refractivity contribution in [2.45, 2.75) is 26.0 Å². The first-order chi connectivity index (χ1) is 13.2. The zero-order valence-electron chi connectivity index (χ0n) is 16.7. The molecule has 0 amide bonds. The molecule has 0 spiro atoms. The number of hydrogen-bond acceptors (Lipinski definition) is 6. The first-order valence-electron chi connectivity index (χ1n) is 9.55. The SMILES string of the molecule is CN=C(NCCCOCCOC)NCc1ccc(N2CCOC(C)C2)nc1. The zero-order valence-corrected chi connectivity index (χ0v) is 16.7. The molecule has 0 aromatic carbocycles. The summed E-state index contributed by atoms with van der Waals surface area (Å²) in [7, 11) is 3.44. The minimum atomic E-state index is 0.252. The van der Waals surface area contributed by atoms with Gasteiger partial charge in [-0.3, -0.25) is 4.99 Å². The third-order valence-electron chi connectivity index (χ3n) is 4.25. The summed E-state index contributed by atoms with van der Waals surface area (Å²) >= 11 is 0. The number of anilines is 1. The van der Waals surface area contributed by atoms with Crippen LogP contribution in [0.3, 0.4) is 0 Å². The van der Waals surface area contributed by atoms with E-state index < -0.39 is 0 Å². The van der Waals surface area contributed by atoms with E-state index in [4.69, 9.17) is 14.2 Å². The molecule has 0 radical (unpaired) electrons. The molecule has 0 saturated carbocycles. The van der Waals surface area contributed by atoms with Crippen LogP contribution in [0, 0.1) is 0 Å². The number of guanidine groups is 1. The maximum atomic E-state index is 5.58. The molecule has 2 rings (SSSR count). The normalized spacial score (nSPS) is 17.8. The number of aromatic nitrogens is 1. The quantitative estimate of drug-likeness (QED) is 0.357. The van der Waals surface area contributed by atoms with Gasteiger partial charge in [0.15, 0.2) is 5.96 Å². The summed E-state index contributed by atoms with van der Waals surface area (Å²) in [5, 5.41) is 6.59. The Kier molecular flexibility index (Phi) is 9.89. The van der Waals surface area contributed by atoms with Gasteiger partial charge in [0.2, 0.25) is 0 Å². The molecule has 2 N–H and O–H groups in total. The lowest BCUT2D eigenvalue weighted by Crippen LogP contribution is -2.41. The van der Waals surface area contributed by atoms with Gasteiger partial charge in [0, 0.05) is 53.1 Å². The highest BCUT2D eigenvalue weighted by Crippen LogP contribution is 2.15. The highest BCUT2D eigenvalue weighted by Gasteiger charge is 2.17. The first-order valence-corrected chi connectivity index (χ1v) is 9.55. The maximum Gasteiger partial charge on any atom is 0.191 e. The van der Waals surface area contributed by atoms with Crippen molar-refractivity contribution in [1.29, 1.82) is 0 Å². The van der Waals surface area contributed by atoms with Gasteiger partial charge in [-0.15, -0.1) is 0 Å². The van der Waals surface area contributed by atoms with Crippen LogP contribution in [-0.4, -0.2) is 77.3 Å². The van der Waals surface area contributed by atoms with Gasteiger partial charge in [-0.05, 0) is 25.0 Å². The summed E-state index contributed by atoms with van der Waals surface area (Å²) < 4.78 is 16.0. The Morgan fingerprint density at radius 1 is 1.33 bits per heavy atom. The number of nitrogens with one attached hydrogen (secondary N) is 2. The van der Waals surface area contributed by atoms with E-state index in [2.05, 4.69) is 44.6 Å².